The normalized spacial score (nSPS) is 14.5. The fraction of sp³-hybridized carbons (Fsp3) is 0.278. The molecule has 5 nitrogen and oxygen atoms in total. The van der Waals surface area contributed by atoms with Crippen LogP contribution in [0.1, 0.15) is 30.1 Å². The minimum absolute atomic E-state index is 0.127. The SMILES string of the molecule is Cn1c(C(F)(F)F)cc(=O)n(-c2ccc(Cl)c(-c3nc(C4CC4)cs3)c2)c1=O. The predicted octanol–water partition coefficient (Wildman–Crippen LogP) is 4.21. The van der Waals surface area contributed by atoms with Crippen LogP contribution in [0, 0.1) is 0 Å². The number of alkyl halides is 3. The fourth-order valence-electron chi connectivity index (χ4n) is 2.93. The Bertz CT molecular complexity index is 1190. The van der Waals surface area contributed by atoms with Crippen molar-refractivity contribution in [2.75, 3.05) is 0 Å². The monoisotopic (exact) mass is 427 g/mol. The maximum Gasteiger partial charge on any atom is 0.431 e. The number of rotatable bonds is 3. The van der Waals surface area contributed by atoms with Crippen molar-refractivity contribution in [1.29, 1.82) is 0 Å². The van der Waals surface area contributed by atoms with Crippen LogP contribution in [0.5, 0.6) is 0 Å². The molecule has 3 aromatic rings. The zero-order valence-electron chi connectivity index (χ0n) is 14.5. The molecule has 0 atom stereocenters. The van der Waals surface area contributed by atoms with Crippen molar-refractivity contribution in [2.45, 2.75) is 24.9 Å². The predicted molar refractivity (Wildman–Crippen MR) is 100 cm³/mol. The first-order chi connectivity index (χ1) is 13.2. The molecule has 2 heterocycles. The molecule has 1 saturated carbocycles. The summed E-state index contributed by atoms with van der Waals surface area (Å²) in [6.45, 7) is 0. The third kappa shape index (κ3) is 3.29. The number of aromatic nitrogens is 3. The van der Waals surface area contributed by atoms with E-state index in [9.17, 15) is 22.8 Å². The Morgan fingerprint density at radius 2 is 1.93 bits per heavy atom. The quantitative estimate of drug-likeness (QED) is 0.629. The Balaban J connectivity index is 1.85. The van der Waals surface area contributed by atoms with Crippen molar-refractivity contribution >= 4 is 22.9 Å². The third-order valence-electron chi connectivity index (χ3n) is 4.57. The van der Waals surface area contributed by atoms with Gasteiger partial charge < -0.3 is 0 Å². The van der Waals surface area contributed by atoms with E-state index in [0.717, 1.165) is 25.6 Å². The average molecular weight is 428 g/mol. The van der Waals surface area contributed by atoms with Crippen LogP contribution in [-0.4, -0.2) is 14.1 Å². The molecule has 4 rings (SSSR count). The van der Waals surface area contributed by atoms with Gasteiger partial charge in [0.2, 0.25) is 0 Å². The van der Waals surface area contributed by atoms with E-state index in [-0.39, 0.29) is 5.69 Å². The molecule has 28 heavy (non-hydrogen) atoms. The van der Waals surface area contributed by atoms with E-state index in [4.69, 9.17) is 11.6 Å². The third-order valence-corrected chi connectivity index (χ3v) is 5.79. The summed E-state index contributed by atoms with van der Waals surface area (Å²) >= 11 is 7.66. The zero-order valence-corrected chi connectivity index (χ0v) is 16.0. The maximum absolute atomic E-state index is 13.0. The van der Waals surface area contributed by atoms with Gasteiger partial charge in [-0.1, -0.05) is 11.6 Å². The van der Waals surface area contributed by atoms with Gasteiger partial charge in [-0.3, -0.25) is 9.36 Å². The lowest BCUT2D eigenvalue weighted by molar-refractivity contribution is -0.144. The van der Waals surface area contributed by atoms with Crippen LogP contribution in [-0.2, 0) is 13.2 Å². The van der Waals surface area contributed by atoms with Gasteiger partial charge in [0.05, 0.1) is 16.4 Å². The highest BCUT2D eigenvalue weighted by atomic mass is 35.5. The van der Waals surface area contributed by atoms with Crippen molar-refractivity contribution in [3.63, 3.8) is 0 Å². The molecule has 1 aliphatic rings. The van der Waals surface area contributed by atoms with E-state index in [1.807, 2.05) is 5.38 Å². The van der Waals surface area contributed by atoms with Gasteiger partial charge in [-0.2, -0.15) is 13.2 Å². The molecule has 0 N–H and O–H groups in total. The first-order valence-electron chi connectivity index (χ1n) is 8.33. The van der Waals surface area contributed by atoms with Crippen LogP contribution >= 0.6 is 22.9 Å². The number of benzene rings is 1. The van der Waals surface area contributed by atoms with E-state index in [0.29, 0.717) is 36.7 Å². The van der Waals surface area contributed by atoms with Gasteiger partial charge in [0.25, 0.3) is 5.56 Å². The average Bonchev–Trinajstić information content (AvgIpc) is 3.36. The summed E-state index contributed by atoms with van der Waals surface area (Å²) in [4.78, 5) is 29.3. The number of thiazole rings is 1. The van der Waals surface area contributed by atoms with Gasteiger partial charge in [-0.05, 0) is 31.0 Å². The fourth-order valence-corrected chi connectivity index (χ4v) is 4.12. The van der Waals surface area contributed by atoms with Crippen molar-refractivity contribution in [3.05, 3.63) is 66.9 Å². The van der Waals surface area contributed by atoms with Gasteiger partial charge in [-0.15, -0.1) is 11.3 Å². The van der Waals surface area contributed by atoms with Crippen LogP contribution in [0.4, 0.5) is 13.2 Å². The molecule has 0 saturated heterocycles. The number of nitrogens with zero attached hydrogens (tertiary/aromatic N) is 3. The topological polar surface area (TPSA) is 56.9 Å². The lowest BCUT2D eigenvalue weighted by atomic mass is 10.2. The van der Waals surface area contributed by atoms with Gasteiger partial charge in [0.1, 0.15) is 10.7 Å². The molecule has 1 aromatic carbocycles. The summed E-state index contributed by atoms with van der Waals surface area (Å²) in [5.74, 6) is 0.455. The molecule has 0 aliphatic heterocycles. The highest BCUT2D eigenvalue weighted by molar-refractivity contribution is 7.13. The molecule has 10 heteroatoms. The summed E-state index contributed by atoms with van der Waals surface area (Å²) in [5, 5.41) is 2.95. The number of halogens is 4. The van der Waals surface area contributed by atoms with E-state index in [1.165, 1.54) is 29.5 Å². The molecule has 0 bridgehead atoms. The molecule has 0 radical (unpaired) electrons. The van der Waals surface area contributed by atoms with Crippen molar-refractivity contribution < 1.29 is 13.2 Å². The van der Waals surface area contributed by atoms with Crippen LogP contribution in [0.3, 0.4) is 0 Å². The molecule has 1 aliphatic carbocycles. The Morgan fingerprint density at radius 3 is 2.57 bits per heavy atom. The zero-order chi connectivity index (χ0) is 20.2. The second-order valence-corrected chi connectivity index (χ2v) is 7.82. The van der Waals surface area contributed by atoms with Gasteiger partial charge >= 0.3 is 11.9 Å². The molecule has 0 unspecified atom stereocenters. The summed E-state index contributed by atoms with van der Waals surface area (Å²) in [6.07, 6.45) is -2.63. The van der Waals surface area contributed by atoms with Crippen LogP contribution in [0.25, 0.3) is 16.3 Å². The Labute approximate surface area is 165 Å². The van der Waals surface area contributed by atoms with Crippen LogP contribution in [0.15, 0.2) is 39.2 Å². The van der Waals surface area contributed by atoms with E-state index in [2.05, 4.69) is 4.98 Å². The first-order valence-corrected chi connectivity index (χ1v) is 9.58. The summed E-state index contributed by atoms with van der Waals surface area (Å²) < 4.78 is 40.2. The molecule has 0 amide bonds. The smallest absolute Gasteiger partial charge is 0.292 e. The Morgan fingerprint density at radius 1 is 1.21 bits per heavy atom. The minimum Gasteiger partial charge on any atom is -0.292 e. The molecule has 146 valence electrons. The Kier molecular flexibility index (Phi) is 4.46. The molecular weight excluding hydrogens is 415 g/mol. The summed E-state index contributed by atoms with van der Waals surface area (Å²) in [6, 6.07) is 4.81. The van der Waals surface area contributed by atoms with Crippen molar-refractivity contribution in [1.82, 2.24) is 14.1 Å². The second-order valence-electron chi connectivity index (χ2n) is 6.56. The van der Waals surface area contributed by atoms with Gasteiger partial charge in [0, 0.05) is 30.0 Å². The van der Waals surface area contributed by atoms with E-state index < -0.39 is 23.1 Å². The van der Waals surface area contributed by atoms with Gasteiger partial charge in [0.15, 0.2) is 0 Å². The van der Waals surface area contributed by atoms with Crippen LogP contribution in [0.2, 0.25) is 5.02 Å². The lowest BCUT2D eigenvalue weighted by Gasteiger charge is -2.14. The van der Waals surface area contributed by atoms with E-state index in [1.54, 1.807) is 0 Å². The Hall–Kier alpha value is -2.39. The maximum atomic E-state index is 13.0. The molecular formula is C18H13ClF3N3O2S. The van der Waals surface area contributed by atoms with Gasteiger partial charge in [-0.25, -0.2) is 14.3 Å². The van der Waals surface area contributed by atoms with Crippen molar-refractivity contribution in [2.24, 2.45) is 7.05 Å². The summed E-state index contributed by atoms with van der Waals surface area (Å²) in [5.41, 5.74) is -1.84. The largest absolute Gasteiger partial charge is 0.431 e. The van der Waals surface area contributed by atoms with Crippen molar-refractivity contribution in [3.8, 4) is 16.3 Å². The standard InChI is InChI=1S/C18H13ClF3N3O2S/c1-24-14(18(20,21)22)7-15(26)25(17(24)27)10-4-5-12(19)11(6-10)16-23-13(8-28-16)9-2-3-9/h4-9H,2-3H2,1H3. The first kappa shape index (κ1) is 18.9. The molecule has 1 fully saturated rings. The van der Waals surface area contributed by atoms with E-state index >= 15 is 0 Å². The summed E-state index contributed by atoms with van der Waals surface area (Å²) in [7, 11) is 0.973. The minimum atomic E-state index is -4.81. The van der Waals surface area contributed by atoms with Crippen LogP contribution < -0.4 is 11.2 Å². The number of hydrogen-bond acceptors (Lipinski definition) is 4. The number of hydrogen-bond donors (Lipinski definition) is 0. The molecule has 2 aromatic heterocycles. The highest BCUT2D eigenvalue weighted by Gasteiger charge is 2.35. The molecule has 0 spiro atoms. The highest BCUT2D eigenvalue weighted by Crippen LogP contribution is 2.42. The second kappa shape index (κ2) is 6.59. The lowest BCUT2D eigenvalue weighted by Crippen LogP contribution is -2.40.